The second-order valence-electron chi connectivity index (χ2n) is 3.64. The SMILES string of the molecule is Cn1nc(CS(=O)(=O)Cl)cc1C1CC1. The van der Waals surface area contributed by atoms with Crippen LogP contribution in [0.2, 0.25) is 0 Å². The van der Waals surface area contributed by atoms with Crippen LogP contribution < -0.4 is 0 Å². The summed E-state index contributed by atoms with van der Waals surface area (Å²) in [5.41, 5.74) is 1.64. The molecule has 0 bridgehead atoms. The van der Waals surface area contributed by atoms with E-state index in [1.54, 1.807) is 4.68 Å². The van der Waals surface area contributed by atoms with Gasteiger partial charge in [0.15, 0.2) is 0 Å². The Morgan fingerprint density at radius 3 is 2.79 bits per heavy atom. The quantitative estimate of drug-likeness (QED) is 0.743. The summed E-state index contributed by atoms with van der Waals surface area (Å²) in [6, 6.07) is 1.83. The zero-order valence-electron chi connectivity index (χ0n) is 7.77. The summed E-state index contributed by atoms with van der Waals surface area (Å²) < 4.78 is 23.4. The number of hydrogen-bond donors (Lipinski definition) is 0. The lowest BCUT2D eigenvalue weighted by Crippen LogP contribution is -1.98. The van der Waals surface area contributed by atoms with Gasteiger partial charge in [0.25, 0.3) is 0 Å². The summed E-state index contributed by atoms with van der Waals surface area (Å²) in [6.45, 7) is 0. The van der Waals surface area contributed by atoms with Crippen LogP contribution in [0, 0.1) is 0 Å². The highest BCUT2D eigenvalue weighted by Gasteiger charge is 2.27. The second kappa shape index (κ2) is 3.24. The Labute approximate surface area is 87.3 Å². The highest BCUT2D eigenvalue weighted by atomic mass is 35.7. The van der Waals surface area contributed by atoms with Crippen LogP contribution >= 0.6 is 10.7 Å². The summed E-state index contributed by atoms with van der Waals surface area (Å²) in [5.74, 6) is 0.383. The molecule has 0 aromatic carbocycles. The third kappa shape index (κ3) is 2.27. The first-order valence-electron chi connectivity index (χ1n) is 4.41. The van der Waals surface area contributed by atoms with Crippen molar-refractivity contribution in [3.8, 4) is 0 Å². The van der Waals surface area contributed by atoms with E-state index in [0.717, 1.165) is 5.69 Å². The van der Waals surface area contributed by atoms with Crippen molar-refractivity contribution in [1.29, 1.82) is 0 Å². The third-order valence-electron chi connectivity index (χ3n) is 2.28. The van der Waals surface area contributed by atoms with E-state index in [1.165, 1.54) is 12.8 Å². The Balaban J connectivity index is 2.23. The largest absolute Gasteiger partial charge is 0.272 e. The maximum absolute atomic E-state index is 10.8. The van der Waals surface area contributed by atoms with Crippen molar-refractivity contribution >= 4 is 19.7 Å². The Bertz CT molecular complexity index is 448. The fraction of sp³-hybridized carbons (Fsp3) is 0.625. The Morgan fingerprint density at radius 1 is 1.64 bits per heavy atom. The molecule has 0 saturated heterocycles. The molecule has 1 aromatic heterocycles. The van der Waals surface area contributed by atoms with Crippen LogP contribution in [0.1, 0.15) is 30.1 Å². The maximum Gasteiger partial charge on any atom is 0.238 e. The molecule has 0 radical (unpaired) electrons. The maximum atomic E-state index is 10.8. The summed E-state index contributed by atoms with van der Waals surface area (Å²) in [6.07, 6.45) is 2.35. The van der Waals surface area contributed by atoms with Crippen molar-refractivity contribution < 1.29 is 8.42 Å². The van der Waals surface area contributed by atoms with Crippen molar-refractivity contribution in [2.45, 2.75) is 24.5 Å². The van der Waals surface area contributed by atoms with Crippen LogP contribution in [0.25, 0.3) is 0 Å². The van der Waals surface area contributed by atoms with Gasteiger partial charge in [-0.1, -0.05) is 0 Å². The lowest BCUT2D eigenvalue weighted by molar-refractivity contribution is 0.607. The topological polar surface area (TPSA) is 52.0 Å². The van der Waals surface area contributed by atoms with Crippen LogP contribution in [0.5, 0.6) is 0 Å². The minimum atomic E-state index is -3.49. The molecule has 1 aliphatic carbocycles. The van der Waals surface area contributed by atoms with Crippen molar-refractivity contribution in [3.63, 3.8) is 0 Å². The molecule has 0 aliphatic heterocycles. The molecule has 14 heavy (non-hydrogen) atoms. The average Bonchev–Trinajstić information content (AvgIpc) is 2.75. The molecule has 1 fully saturated rings. The molecule has 0 spiro atoms. The first-order chi connectivity index (χ1) is 6.46. The number of hydrogen-bond acceptors (Lipinski definition) is 3. The van der Waals surface area contributed by atoms with E-state index < -0.39 is 9.05 Å². The lowest BCUT2D eigenvalue weighted by atomic mass is 10.3. The molecule has 1 heterocycles. The van der Waals surface area contributed by atoms with Crippen LogP contribution in [0.15, 0.2) is 6.07 Å². The summed E-state index contributed by atoms with van der Waals surface area (Å²) >= 11 is 0. The zero-order valence-corrected chi connectivity index (χ0v) is 9.35. The highest BCUT2D eigenvalue weighted by Crippen LogP contribution is 2.40. The molecule has 1 aromatic rings. The minimum Gasteiger partial charge on any atom is -0.272 e. The van der Waals surface area contributed by atoms with Gasteiger partial charge in [0.1, 0.15) is 5.75 Å². The van der Waals surface area contributed by atoms with Gasteiger partial charge >= 0.3 is 0 Å². The molecular weight excluding hydrogens is 224 g/mol. The normalized spacial score (nSPS) is 17.3. The van der Waals surface area contributed by atoms with Crippen LogP contribution in [-0.4, -0.2) is 18.2 Å². The smallest absolute Gasteiger partial charge is 0.238 e. The predicted octanol–water partition coefficient (Wildman–Crippen LogP) is 1.37. The molecule has 1 saturated carbocycles. The molecule has 6 heteroatoms. The number of halogens is 1. The monoisotopic (exact) mass is 234 g/mol. The van der Waals surface area contributed by atoms with E-state index in [0.29, 0.717) is 11.6 Å². The summed E-state index contributed by atoms with van der Waals surface area (Å²) in [7, 11) is 3.49. The van der Waals surface area contributed by atoms with Crippen molar-refractivity contribution in [2.75, 3.05) is 0 Å². The molecule has 0 unspecified atom stereocenters. The van der Waals surface area contributed by atoms with Crippen molar-refractivity contribution in [2.24, 2.45) is 7.05 Å². The van der Waals surface area contributed by atoms with Crippen LogP contribution in [0.4, 0.5) is 0 Å². The van der Waals surface area contributed by atoms with E-state index in [2.05, 4.69) is 5.10 Å². The number of nitrogens with zero attached hydrogens (tertiary/aromatic N) is 2. The highest BCUT2D eigenvalue weighted by molar-refractivity contribution is 8.13. The molecule has 78 valence electrons. The van der Waals surface area contributed by atoms with Gasteiger partial charge in [-0.15, -0.1) is 0 Å². The second-order valence-corrected chi connectivity index (χ2v) is 6.42. The van der Waals surface area contributed by atoms with Gasteiger partial charge in [0.05, 0.1) is 5.69 Å². The standard InChI is InChI=1S/C8H11ClN2O2S/c1-11-8(6-2-3-6)4-7(10-11)5-14(9,12)13/h4,6H,2-3,5H2,1H3. The summed E-state index contributed by atoms with van der Waals surface area (Å²) in [4.78, 5) is 0. The molecule has 0 amide bonds. The lowest BCUT2D eigenvalue weighted by Gasteiger charge is -1.95. The van der Waals surface area contributed by atoms with E-state index in [9.17, 15) is 8.42 Å². The van der Waals surface area contributed by atoms with Crippen LogP contribution in [0.3, 0.4) is 0 Å². The first-order valence-corrected chi connectivity index (χ1v) is 6.89. The van der Waals surface area contributed by atoms with Gasteiger partial charge in [-0.25, -0.2) is 8.42 Å². The van der Waals surface area contributed by atoms with E-state index in [1.807, 2.05) is 13.1 Å². The summed E-state index contributed by atoms with van der Waals surface area (Å²) in [5, 5.41) is 4.11. The average molecular weight is 235 g/mol. The Morgan fingerprint density at radius 2 is 2.29 bits per heavy atom. The van der Waals surface area contributed by atoms with Crippen LogP contribution in [-0.2, 0) is 21.9 Å². The molecular formula is C8H11ClN2O2S. The third-order valence-corrected chi connectivity index (χ3v) is 3.25. The first kappa shape index (κ1) is 9.98. The molecule has 4 nitrogen and oxygen atoms in total. The number of aromatic nitrogens is 2. The molecule has 2 rings (SSSR count). The minimum absolute atomic E-state index is 0.185. The Kier molecular flexibility index (Phi) is 2.31. The zero-order chi connectivity index (χ0) is 10.3. The number of rotatable bonds is 3. The van der Waals surface area contributed by atoms with Gasteiger partial charge in [-0.05, 0) is 18.9 Å². The van der Waals surface area contributed by atoms with E-state index in [4.69, 9.17) is 10.7 Å². The van der Waals surface area contributed by atoms with Gasteiger partial charge in [0.2, 0.25) is 9.05 Å². The van der Waals surface area contributed by atoms with E-state index in [-0.39, 0.29) is 5.75 Å². The molecule has 0 atom stereocenters. The Hall–Kier alpha value is -0.550. The van der Waals surface area contributed by atoms with Gasteiger partial charge in [-0.2, -0.15) is 5.10 Å². The van der Waals surface area contributed by atoms with Crippen molar-refractivity contribution in [1.82, 2.24) is 9.78 Å². The van der Waals surface area contributed by atoms with Gasteiger partial charge < -0.3 is 0 Å². The van der Waals surface area contributed by atoms with Crippen molar-refractivity contribution in [3.05, 3.63) is 17.5 Å². The van der Waals surface area contributed by atoms with E-state index >= 15 is 0 Å². The van der Waals surface area contributed by atoms with Gasteiger partial charge in [0, 0.05) is 29.3 Å². The molecule has 0 N–H and O–H groups in total. The number of aryl methyl sites for hydroxylation is 1. The fourth-order valence-electron chi connectivity index (χ4n) is 1.55. The predicted molar refractivity (Wildman–Crippen MR) is 53.7 cm³/mol. The fourth-order valence-corrected chi connectivity index (χ4v) is 2.38. The molecule has 1 aliphatic rings. The van der Waals surface area contributed by atoms with Gasteiger partial charge in [-0.3, -0.25) is 4.68 Å².